The van der Waals surface area contributed by atoms with Crippen LogP contribution in [-0.2, 0) is 9.47 Å². The van der Waals surface area contributed by atoms with E-state index in [2.05, 4.69) is 4.98 Å². The van der Waals surface area contributed by atoms with Gasteiger partial charge in [-0.15, -0.1) is 0 Å². The number of ketones is 1. The van der Waals surface area contributed by atoms with Crippen molar-refractivity contribution in [2.45, 2.75) is 0 Å². The Morgan fingerprint density at radius 3 is 2.50 bits per heavy atom. The number of nitrogens with zero attached hydrogens (tertiary/aromatic N) is 1. The average Bonchev–Trinajstić information content (AvgIpc) is 2.60. The number of pyridine rings is 1. The van der Waals surface area contributed by atoms with Crippen LogP contribution in [0.4, 0.5) is 4.39 Å². The van der Waals surface area contributed by atoms with Crippen LogP contribution in [0.5, 0.6) is 11.5 Å². The first-order valence-electron chi connectivity index (χ1n) is 6.80. The van der Waals surface area contributed by atoms with E-state index >= 15 is 0 Å². The van der Waals surface area contributed by atoms with Crippen LogP contribution < -0.4 is 9.47 Å². The molecule has 0 spiro atoms. The van der Waals surface area contributed by atoms with E-state index in [0.29, 0.717) is 0 Å². The summed E-state index contributed by atoms with van der Waals surface area (Å²) in [7, 11) is 2.86. The van der Waals surface area contributed by atoms with E-state index in [0.717, 1.165) is 6.07 Å². The van der Waals surface area contributed by atoms with Crippen molar-refractivity contribution >= 4 is 17.4 Å². The molecule has 0 amide bonds. The fraction of sp³-hybridized carbons (Fsp3) is 0.250. The molecule has 2 aromatic rings. The van der Waals surface area contributed by atoms with Gasteiger partial charge in [0.05, 0.1) is 10.6 Å². The quantitative estimate of drug-likeness (QED) is 0.535. The smallest absolute Gasteiger partial charge is 0.218 e. The molecule has 0 aliphatic heterocycles. The van der Waals surface area contributed by atoms with Gasteiger partial charge in [-0.25, -0.2) is 9.37 Å². The minimum atomic E-state index is -0.712. The number of aromatic nitrogens is 1. The molecule has 2 rings (SSSR count). The third-order valence-corrected chi connectivity index (χ3v) is 3.21. The predicted octanol–water partition coefficient (Wildman–Crippen LogP) is 3.07. The lowest BCUT2D eigenvalue weighted by molar-refractivity contribution is 0.0491. The molecule has 24 heavy (non-hydrogen) atoms. The Labute approximate surface area is 143 Å². The monoisotopic (exact) mass is 355 g/mol. The zero-order valence-corrected chi connectivity index (χ0v) is 13.8. The summed E-state index contributed by atoms with van der Waals surface area (Å²) >= 11 is 5.79. The van der Waals surface area contributed by atoms with Gasteiger partial charge in [-0.05, 0) is 18.2 Å². The first kappa shape index (κ1) is 18.1. The maximum absolute atomic E-state index is 13.7. The van der Waals surface area contributed by atoms with Crippen LogP contribution in [-0.4, -0.2) is 38.6 Å². The van der Waals surface area contributed by atoms with Gasteiger partial charge in [0.25, 0.3) is 0 Å². The van der Waals surface area contributed by atoms with Crippen molar-refractivity contribution in [1.29, 1.82) is 0 Å². The van der Waals surface area contributed by atoms with E-state index in [-0.39, 0.29) is 41.4 Å². The van der Waals surface area contributed by atoms with Gasteiger partial charge in [0.1, 0.15) is 11.6 Å². The number of carbonyl (C=O) groups is 1. The van der Waals surface area contributed by atoms with E-state index in [1.807, 2.05) is 0 Å². The maximum atomic E-state index is 13.7. The number of halogens is 2. The Bertz CT molecular complexity index is 726. The Morgan fingerprint density at radius 1 is 1.17 bits per heavy atom. The van der Waals surface area contributed by atoms with Crippen LogP contribution in [0.25, 0.3) is 0 Å². The van der Waals surface area contributed by atoms with Crippen LogP contribution >= 0.6 is 11.6 Å². The van der Waals surface area contributed by atoms with Gasteiger partial charge in [0, 0.05) is 26.5 Å². The molecule has 6 nitrogen and oxygen atoms in total. The largest absolute Gasteiger partial charge is 0.467 e. The highest BCUT2D eigenvalue weighted by atomic mass is 35.5. The standard InChI is InChI=1S/C16H15ClFNO5/c1-21-8-23-13-4-3-5-19-15(13)16(20)10-6-11(17)12(18)7-14(10)24-9-22-2/h3-7H,8-9H2,1-2H3. The molecule has 0 saturated heterocycles. The van der Waals surface area contributed by atoms with Crippen molar-refractivity contribution < 1.29 is 28.1 Å². The molecule has 0 fully saturated rings. The van der Waals surface area contributed by atoms with Crippen LogP contribution in [0.2, 0.25) is 5.02 Å². The van der Waals surface area contributed by atoms with E-state index in [4.69, 9.17) is 30.5 Å². The highest BCUT2D eigenvalue weighted by molar-refractivity contribution is 6.31. The second kappa shape index (κ2) is 8.58. The molecule has 0 N–H and O–H groups in total. The van der Waals surface area contributed by atoms with Crippen LogP contribution in [0, 0.1) is 5.82 Å². The molecule has 1 aromatic heterocycles. The molecule has 0 bridgehead atoms. The average molecular weight is 356 g/mol. The molecule has 0 unspecified atom stereocenters. The molecule has 128 valence electrons. The van der Waals surface area contributed by atoms with Gasteiger partial charge >= 0.3 is 0 Å². The van der Waals surface area contributed by atoms with Crippen molar-refractivity contribution in [2.24, 2.45) is 0 Å². The van der Waals surface area contributed by atoms with E-state index in [1.165, 1.54) is 26.5 Å². The van der Waals surface area contributed by atoms with Gasteiger partial charge in [0.2, 0.25) is 5.78 Å². The lowest BCUT2D eigenvalue weighted by atomic mass is 10.1. The molecule has 0 aliphatic carbocycles. The van der Waals surface area contributed by atoms with Gasteiger partial charge in [0.15, 0.2) is 25.0 Å². The summed E-state index contributed by atoms with van der Waals surface area (Å²) < 4.78 is 33.9. The van der Waals surface area contributed by atoms with Crippen molar-refractivity contribution in [1.82, 2.24) is 4.98 Å². The number of hydrogen-bond acceptors (Lipinski definition) is 6. The fourth-order valence-electron chi connectivity index (χ4n) is 1.88. The second-order valence-electron chi connectivity index (χ2n) is 4.54. The van der Waals surface area contributed by atoms with Gasteiger partial charge < -0.3 is 18.9 Å². The minimum Gasteiger partial charge on any atom is -0.467 e. The normalized spacial score (nSPS) is 10.5. The summed E-state index contributed by atoms with van der Waals surface area (Å²) in [6.45, 7) is -0.209. The van der Waals surface area contributed by atoms with Gasteiger partial charge in [-0.2, -0.15) is 0 Å². The number of hydrogen-bond donors (Lipinski definition) is 0. The third-order valence-electron chi connectivity index (χ3n) is 2.92. The molecule has 8 heteroatoms. The summed E-state index contributed by atoms with van der Waals surface area (Å²) in [6.07, 6.45) is 1.44. The first-order chi connectivity index (χ1) is 11.6. The number of benzene rings is 1. The van der Waals surface area contributed by atoms with Crippen LogP contribution in [0.1, 0.15) is 16.1 Å². The lowest BCUT2D eigenvalue weighted by Gasteiger charge is -2.13. The summed E-state index contributed by atoms with van der Waals surface area (Å²) in [5.41, 5.74) is 0.0684. The van der Waals surface area contributed by atoms with E-state index in [9.17, 15) is 9.18 Å². The fourth-order valence-corrected chi connectivity index (χ4v) is 2.04. The zero-order valence-electron chi connectivity index (χ0n) is 13.0. The zero-order chi connectivity index (χ0) is 17.5. The molecule has 0 atom stereocenters. The summed E-state index contributed by atoms with van der Waals surface area (Å²) in [4.78, 5) is 16.8. The van der Waals surface area contributed by atoms with Gasteiger partial charge in [-0.3, -0.25) is 4.79 Å². The SMILES string of the molecule is COCOc1cc(F)c(Cl)cc1C(=O)c1ncccc1OCOC. The minimum absolute atomic E-state index is 0.00732. The summed E-state index contributed by atoms with van der Waals surface area (Å²) in [5, 5.41) is -0.210. The third kappa shape index (κ3) is 4.19. The van der Waals surface area contributed by atoms with Crippen molar-refractivity contribution in [3.63, 3.8) is 0 Å². The topological polar surface area (TPSA) is 66.9 Å². The number of methoxy groups -OCH3 is 2. The molecule has 0 saturated carbocycles. The Morgan fingerprint density at radius 2 is 1.83 bits per heavy atom. The predicted molar refractivity (Wildman–Crippen MR) is 84.1 cm³/mol. The molecular formula is C16H15ClFNO5. The Hall–Kier alpha value is -2.22. The number of ether oxygens (including phenoxy) is 4. The van der Waals surface area contributed by atoms with Crippen molar-refractivity contribution in [2.75, 3.05) is 27.8 Å². The summed E-state index contributed by atoms with van der Waals surface area (Å²) in [6, 6.07) is 5.38. The lowest BCUT2D eigenvalue weighted by Crippen LogP contribution is -2.12. The Kier molecular flexibility index (Phi) is 6.48. The Balaban J connectivity index is 2.44. The van der Waals surface area contributed by atoms with Crippen molar-refractivity contribution in [3.8, 4) is 11.5 Å². The second-order valence-corrected chi connectivity index (χ2v) is 4.95. The highest BCUT2D eigenvalue weighted by Gasteiger charge is 2.22. The summed E-state index contributed by atoms with van der Waals surface area (Å²) in [5.74, 6) is -1.03. The molecule has 0 radical (unpaired) electrons. The maximum Gasteiger partial charge on any atom is 0.218 e. The first-order valence-corrected chi connectivity index (χ1v) is 7.18. The molecule has 0 aliphatic rings. The molecule has 1 heterocycles. The van der Waals surface area contributed by atoms with Crippen molar-refractivity contribution in [3.05, 3.63) is 52.6 Å². The molecular weight excluding hydrogens is 341 g/mol. The van der Waals surface area contributed by atoms with E-state index < -0.39 is 11.6 Å². The number of carbonyl (C=O) groups excluding carboxylic acids is 1. The van der Waals surface area contributed by atoms with E-state index in [1.54, 1.807) is 12.1 Å². The van der Waals surface area contributed by atoms with Gasteiger partial charge in [-0.1, -0.05) is 11.6 Å². The number of rotatable bonds is 8. The van der Waals surface area contributed by atoms with Crippen LogP contribution in [0.3, 0.4) is 0 Å². The van der Waals surface area contributed by atoms with Crippen LogP contribution in [0.15, 0.2) is 30.5 Å². The molecule has 1 aromatic carbocycles. The highest BCUT2D eigenvalue weighted by Crippen LogP contribution is 2.30.